The predicted octanol–water partition coefficient (Wildman–Crippen LogP) is 3.05. The molecule has 0 bridgehead atoms. The number of ether oxygens (including phenoxy) is 1. The molecule has 3 heteroatoms. The molecule has 100 valence electrons. The van der Waals surface area contributed by atoms with Gasteiger partial charge < -0.3 is 10.1 Å². The molecule has 1 aliphatic rings. The van der Waals surface area contributed by atoms with Crippen molar-refractivity contribution in [2.75, 3.05) is 7.11 Å². The van der Waals surface area contributed by atoms with Gasteiger partial charge in [-0.2, -0.15) is 0 Å². The summed E-state index contributed by atoms with van der Waals surface area (Å²) in [6.45, 7) is 14.1. The zero-order valence-corrected chi connectivity index (χ0v) is 12.1. The highest BCUT2D eigenvalue weighted by atomic mass is 16.5. The lowest BCUT2D eigenvalue weighted by atomic mass is 9.83. The van der Waals surface area contributed by atoms with Gasteiger partial charge in [0, 0.05) is 16.7 Å². The summed E-state index contributed by atoms with van der Waals surface area (Å²) in [6, 6.07) is 0. The van der Waals surface area contributed by atoms with Crippen LogP contribution >= 0.6 is 0 Å². The Morgan fingerprint density at radius 2 is 1.59 bits per heavy atom. The maximum absolute atomic E-state index is 10.2. The van der Waals surface area contributed by atoms with E-state index in [1.165, 1.54) is 26.4 Å². The summed E-state index contributed by atoms with van der Waals surface area (Å²) in [5.41, 5.74) is 1.16. The third-order valence-corrected chi connectivity index (χ3v) is 2.81. The topological polar surface area (TPSA) is 38.3 Å². The molecule has 0 amide bonds. The Morgan fingerprint density at radius 1 is 1.18 bits per heavy atom. The Kier molecular flexibility index (Phi) is 5.89. The molecular weight excluding hydrogens is 214 g/mol. The first-order valence-corrected chi connectivity index (χ1v) is 6.13. The molecule has 1 rings (SSSR count). The van der Waals surface area contributed by atoms with E-state index in [2.05, 4.69) is 44.3 Å². The van der Waals surface area contributed by atoms with Gasteiger partial charge in [-0.3, -0.25) is 0 Å². The average Bonchev–Trinajstić information content (AvgIpc) is 2.13. The van der Waals surface area contributed by atoms with Crippen LogP contribution in [0, 0.1) is 0 Å². The van der Waals surface area contributed by atoms with Crippen LogP contribution in [0.25, 0.3) is 0 Å². The molecule has 0 saturated carbocycles. The van der Waals surface area contributed by atoms with E-state index in [1.807, 2.05) is 0 Å². The lowest BCUT2D eigenvalue weighted by Gasteiger charge is -2.42. The molecular formula is C14H27NO2. The van der Waals surface area contributed by atoms with Crippen molar-refractivity contribution in [2.45, 2.75) is 65.0 Å². The summed E-state index contributed by atoms with van der Waals surface area (Å²) in [6.07, 6.45) is 4.00. The van der Waals surface area contributed by atoms with Gasteiger partial charge in [0.1, 0.15) is 0 Å². The van der Waals surface area contributed by atoms with E-state index >= 15 is 0 Å². The van der Waals surface area contributed by atoms with Crippen molar-refractivity contribution in [1.29, 1.82) is 0 Å². The van der Waals surface area contributed by atoms with Gasteiger partial charge in [0.2, 0.25) is 0 Å². The van der Waals surface area contributed by atoms with Crippen molar-refractivity contribution >= 4 is 5.97 Å². The molecule has 1 aliphatic heterocycles. The molecule has 1 saturated heterocycles. The Morgan fingerprint density at radius 3 is 1.71 bits per heavy atom. The first-order chi connectivity index (χ1) is 7.59. The number of hydrogen-bond acceptors (Lipinski definition) is 3. The van der Waals surface area contributed by atoms with Gasteiger partial charge in [-0.25, -0.2) is 4.79 Å². The fourth-order valence-electron chi connectivity index (χ4n) is 2.19. The number of esters is 1. The van der Waals surface area contributed by atoms with Crippen LogP contribution < -0.4 is 5.32 Å². The van der Waals surface area contributed by atoms with Crippen molar-refractivity contribution in [3.05, 3.63) is 12.2 Å². The molecule has 0 aromatic heterocycles. The van der Waals surface area contributed by atoms with Crippen LogP contribution in [0.3, 0.4) is 0 Å². The first-order valence-electron chi connectivity index (χ1n) is 6.13. The first kappa shape index (κ1) is 16.2. The number of nitrogens with one attached hydrogen (secondary N) is 1. The lowest BCUT2D eigenvalue weighted by molar-refractivity contribution is -0.136. The molecule has 0 aliphatic carbocycles. The second kappa shape index (κ2) is 6.20. The molecule has 0 aromatic carbocycles. The third kappa shape index (κ3) is 7.16. The summed E-state index contributed by atoms with van der Waals surface area (Å²) >= 11 is 0. The van der Waals surface area contributed by atoms with Crippen LogP contribution in [-0.4, -0.2) is 24.2 Å². The molecule has 1 fully saturated rings. The highest BCUT2D eigenvalue weighted by Gasteiger charge is 2.31. The molecule has 0 unspecified atom stereocenters. The maximum Gasteiger partial charge on any atom is 0.332 e. The van der Waals surface area contributed by atoms with Gasteiger partial charge >= 0.3 is 5.97 Å². The summed E-state index contributed by atoms with van der Waals surface area (Å²) in [4.78, 5) is 10.2. The quantitative estimate of drug-likeness (QED) is 0.566. The van der Waals surface area contributed by atoms with Gasteiger partial charge in [-0.1, -0.05) is 6.58 Å². The molecule has 0 spiro atoms. The molecule has 0 atom stereocenters. The Labute approximate surface area is 106 Å². The Hall–Kier alpha value is -0.830. The van der Waals surface area contributed by atoms with E-state index < -0.39 is 0 Å². The predicted molar refractivity (Wildman–Crippen MR) is 72.0 cm³/mol. The van der Waals surface area contributed by atoms with Crippen molar-refractivity contribution in [3.63, 3.8) is 0 Å². The lowest BCUT2D eigenvalue weighted by Crippen LogP contribution is -2.55. The van der Waals surface area contributed by atoms with Gasteiger partial charge in [0.05, 0.1) is 7.11 Å². The van der Waals surface area contributed by atoms with Crippen molar-refractivity contribution in [2.24, 2.45) is 0 Å². The minimum absolute atomic E-state index is 0.347. The zero-order chi connectivity index (χ0) is 13.7. The van der Waals surface area contributed by atoms with Crippen LogP contribution in [-0.2, 0) is 9.53 Å². The Bertz CT molecular complexity index is 266. The van der Waals surface area contributed by atoms with Gasteiger partial charge in [-0.05, 0) is 53.9 Å². The molecule has 17 heavy (non-hydrogen) atoms. The minimum Gasteiger partial charge on any atom is -0.466 e. The molecule has 1 N–H and O–H groups in total. The van der Waals surface area contributed by atoms with E-state index in [0.717, 1.165) is 0 Å². The van der Waals surface area contributed by atoms with Crippen LogP contribution in [0.4, 0.5) is 0 Å². The second-order valence-corrected chi connectivity index (χ2v) is 6.02. The van der Waals surface area contributed by atoms with E-state index in [9.17, 15) is 4.79 Å². The smallest absolute Gasteiger partial charge is 0.332 e. The SMILES string of the molecule is C=C(C)C(=O)OC.CC1(C)CCCC(C)(C)N1. The van der Waals surface area contributed by atoms with E-state index in [4.69, 9.17) is 0 Å². The second-order valence-electron chi connectivity index (χ2n) is 6.02. The summed E-state index contributed by atoms with van der Waals surface area (Å²) in [7, 11) is 1.33. The Balaban J connectivity index is 0.000000325. The number of methoxy groups -OCH3 is 1. The molecule has 0 aromatic rings. The number of carbonyl (C=O) groups is 1. The largest absolute Gasteiger partial charge is 0.466 e. The fourth-order valence-corrected chi connectivity index (χ4v) is 2.19. The normalized spacial score (nSPS) is 20.8. The zero-order valence-electron chi connectivity index (χ0n) is 12.1. The van der Waals surface area contributed by atoms with Crippen LogP contribution in [0.2, 0.25) is 0 Å². The molecule has 3 nitrogen and oxygen atoms in total. The van der Waals surface area contributed by atoms with E-state index in [1.54, 1.807) is 6.92 Å². The average molecular weight is 241 g/mol. The number of rotatable bonds is 1. The van der Waals surface area contributed by atoms with Crippen LogP contribution in [0.1, 0.15) is 53.9 Å². The summed E-state index contributed by atoms with van der Waals surface area (Å²) in [5, 5.41) is 3.63. The van der Waals surface area contributed by atoms with Crippen molar-refractivity contribution in [3.8, 4) is 0 Å². The molecule has 1 heterocycles. The van der Waals surface area contributed by atoms with Gasteiger partial charge in [-0.15, -0.1) is 0 Å². The fraction of sp³-hybridized carbons (Fsp3) is 0.786. The summed E-state index contributed by atoms with van der Waals surface area (Å²) < 4.78 is 4.27. The van der Waals surface area contributed by atoms with Gasteiger partial charge in [0.15, 0.2) is 0 Å². The van der Waals surface area contributed by atoms with E-state index in [0.29, 0.717) is 16.7 Å². The minimum atomic E-state index is -0.347. The maximum atomic E-state index is 10.2. The third-order valence-electron chi connectivity index (χ3n) is 2.81. The van der Waals surface area contributed by atoms with Crippen LogP contribution in [0.5, 0.6) is 0 Å². The van der Waals surface area contributed by atoms with Gasteiger partial charge in [0.25, 0.3) is 0 Å². The van der Waals surface area contributed by atoms with Crippen LogP contribution in [0.15, 0.2) is 12.2 Å². The number of carbonyl (C=O) groups excluding carboxylic acids is 1. The monoisotopic (exact) mass is 241 g/mol. The number of hydrogen-bond donors (Lipinski definition) is 1. The highest BCUT2D eigenvalue weighted by molar-refractivity contribution is 5.86. The standard InChI is InChI=1S/C9H19N.C5H8O2/c1-8(2)6-5-7-9(3,4)10-8;1-4(2)5(6)7-3/h10H,5-7H2,1-4H3;1H2,2-3H3. The van der Waals surface area contributed by atoms with E-state index in [-0.39, 0.29) is 5.97 Å². The number of piperidine rings is 1. The van der Waals surface area contributed by atoms with Crippen molar-refractivity contribution in [1.82, 2.24) is 5.32 Å². The highest BCUT2D eigenvalue weighted by Crippen LogP contribution is 2.27. The van der Waals surface area contributed by atoms with Crippen molar-refractivity contribution < 1.29 is 9.53 Å². The molecule has 0 radical (unpaired) electrons. The summed E-state index contributed by atoms with van der Waals surface area (Å²) in [5.74, 6) is -0.347.